The van der Waals surface area contributed by atoms with E-state index in [0.717, 1.165) is 26.9 Å². The third-order valence-electron chi connectivity index (χ3n) is 3.24. The van der Waals surface area contributed by atoms with E-state index in [1.54, 1.807) is 0 Å². The smallest absolute Gasteiger partial charge is 0.215 e. The van der Waals surface area contributed by atoms with E-state index in [-0.39, 0.29) is 9.00 Å². The van der Waals surface area contributed by atoms with Gasteiger partial charge in [0, 0.05) is 5.56 Å². The van der Waals surface area contributed by atoms with E-state index in [4.69, 9.17) is 0 Å². The van der Waals surface area contributed by atoms with E-state index in [0.29, 0.717) is 0 Å². The van der Waals surface area contributed by atoms with E-state index < -0.39 is 9.84 Å². The molecule has 0 bridgehead atoms. The average Bonchev–Trinajstić information content (AvgIpc) is 2.93. The van der Waals surface area contributed by atoms with Crippen LogP contribution in [0.4, 0.5) is 0 Å². The van der Waals surface area contributed by atoms with Gasteiger partial charge in [-0.2, -0.15) is 0 Å². The van der Waals surface area contributed by atoms with Gasteiger partial charge in [-0.1, -0.05) is 52.3 Å². The zero-order valence-electron chi connectivity index (χ0n) is 11.2. The molecule has 21 heavy (non-hydrogen) atoms. The molecule has 3 rings (SSSR count). The summed E-state index contributed by atoms with van der Waals surface area (Å²) in [6.45, 7) is 2.04. The number of fused-ring (bicyclic) bond motifs is 1. The molecule has 3 nitrogen and oxygen atoms in total. The molecular formula is C15H12BrNO2S2. The van der Waals surface area contributed by atoms with Crippen molar-refractivity contribution in [2.75, 3.05) is 4.66 Å². The van der Waals surface area contributed by atoms with Gasteiger partial charge in [0.05, 0.1) is 10.2 Å². The van der Waals surface area contributed by atoms with Crippen molar-refractivity contribution in [2.24, 2.45) is 0 Å². The number of aryl methyl sites for hydroxylation is 1. The minimum Gasteiger partial charge on any atom is -0.224 e. The number of halogens is 1. The van der Waals surface area contributed by atoms with Gasteiger partial charge in [-0.05, 0) is 24.1 Å². The van der Waals surface area contributed by atoms with Crippen LogP contribution < -0.4 is 0 Å². The van der Waals surface area contributed by atoms with Gasteiger partial charge in [0.2, 0.25) is 14.2 Å². The number of hydrogen-bond donors (Lipinski definition) is 0. The molecule has 0 atom stereocenters. The molecular weight excluding hydrogens is 370 g/mol. The summed E-state index contributed by atoms with van der Waals surface area (Å²) in [5, 5.41) is 0. The van der Waals surface area contributed by atoms with Crippen LogP contribution in [-0.2, 0) is 9.84 Å². The molecule has 0 radical (unpaired) electrons. The molecule has 0 spiro atoms. The van der Waals surface area contributed by atoms with Gasteiger partial charge in [-0.25, -0.2) is 13.4 Å². The summed E-state index contributed by atoms with van der Waals surface area (Å²) in [6.07, 6.45) is 0. The summed E-state index contributed by atoms with van der Waals surface area (Å²) in [6, 6.07) is 13.9. The second-order valence-electron chi connectivity index (χ2n) is 4.67. The zero-order chi connectivity index (χ0) is 15.0. The first-order valence-corrected chi connectivity index (χ1v) is 9.86. The monoisotopic (exact) mass is 381 g/mol. The quantitative estimate of drug-likeness (QED) is 0.631. The van der Waals surface area contributed by atoms with Crippen LogP contribution in [-0.4, -0.2) is 18.1 Å². The van der Waals surface area contributed by atoms with Crippen LogP contribution in [0.3, 0.4) is 0 Å². The normalized spacial score (nSPS) is 11.9. The van der Waals surface area contributed by atoms with Gasteiger partial charge in [-0.3, -0.25) is 0 Å². The Kier molecular flexibility index (Phi) is 3.86. The third kappa shape index (κ3) is 2.63. The first-order valence-electron chi connectivity index (χ1n) is 6.27. The lowest BCUT2D eigenvalue weighted by Crippen LogP contribution is -2.00. The molecule has 0 aliphatic carbocycles. The lowest BCUT2D eigenvalue weighted by Gasteiger charge is -2.06. The van der Waals surface area contributed by atoms with Crippen molar-refractivity contribution in [3.8, 4) is 11.1 Å². The van der Waals surface area contributed by atoms with Gasteiger partial charge in [0.15, 0.2) is 0 Å². The number of thiazole rings is 1. The molecule has 3 aromatic rings. The van der Waals surface area contributed by atoms with E-state index in [1.165, 1.54) is 11.3 Å². The molecule has 0 fully saturated rings. The van der Waals surface area contributed by atoms with Crippen molar-refractivity contribution >= 4 is 47.3 Å². The topological polar surface area (TPSA) is 47.0 Å². The average molecular weight is 382 g/mol. The largest absolute Gasteiger partial charge is 0.224 e. The molecule has 0 N–H and O–H groups in total. The number of para-hydroxylation sites is 1. The molecule has 0 amide bonds. The Morgan fingerprint density at radius 2 is 1.81 bits per heavy atom. The fraction of sp³-hybridized carbons (Fsp3) is 0.133. The van der Waals surface area contributed by atoms with Gasteiger partial charge in [0.1, 0.15) is 4.66 Å². The molecule has 0 unspecified atom stereocenters. The van der Waals surface area contributed by atoms with Crippen molar-refractivity contribution in [1.82, 2.24) is 4.98 Å². The van der Waals surface area contributed by atoms with Crippen LogP contribution in [0.25, 0.3) is 21.3 Å². The number of sulfone groups is 1. The minimum atomic E-state index is -3.35. The maximum Gasteiger partial charge on any atom is 0.215 e. The van der Waals surface area contributed by atoms with Crippen molar-refractivity contribution in [3.63, 3.8) is 0 Å². The highest BCUT2D eigenvalue weighted by atomic mass is 79.9. The Morgan fingerprint density at radius 3 is 2.52 bits per heavy atom. The maximum atomic E-state index is 12.0. The van der Waals surface area contributed by atoms with Crippen LogP contribution in [0.1, 0.15) is 5.56 Å². The third-order valence-corrected chi connectivity index (χ3v) is 7.79. The van der Waals surface area contributed by atoms with E-state index in [9.17, 15) is 8.42 Å². The number of alkyl halides is 1. The lowest BCUT2D eigenvalue weighted by atomic mass is 10.00. The number of nitrogens with zero attached hydrogens (tertiary/aromatic N) is 1. The van der Waals surface area contributed by atoms with Crippen LogP contribution in [0, 0.1) is 6.92 Å². The highest BCUT2D eigenvalue weighted by molar-refractivity contribution is 9.10. The number of hydrogen-bond acceptors (Lipinski definition) is 4. The van der Waals surface area contributed by atoms with Crippen LogP contribution in [0.15, 0.2) is 46.8 Å². The number of aromatic nitrogens is 1. The molecule has 2 aromatic carbocycles. The summed E-state index contributed by atoms with van der Waals surface area (Å²) in [5.41, 5.74) is 3.94. The Morgan fingerprint density at radius 1 is 1.10 bits per heavy atom. The van der Waals surface area contributed by atoms with E-state index >= 15 is 0 Å². The second kappa shape index (κ2) is 5.51. The molecule has 1 heterocycles. The van der Waals surface area contributed by atoms with Gasteiger partial charge < -0.3 is 0 Å². The highest BCUT2D eigenvalue weighted by Gasteiger charge is 2.19. The number of benzene rings is 2. The van der Waals surface area contributed by atoms with Crippen molar-refractivity contribution < 1.29 is 8.42 Å². The Hall–Kier alpha value is -1.24. The van der Waals surface area contributed by atoms with Gasteiger partial charge in [0.25, 0.3) is 0 Å². The molecule has 108 valence electrons. The Bertz CT molecular complexity index is 916. The van der Waals surface area contributed by atoms with E-state index in [1.807, 2.05) is 49.4 Å². The predicted octanol–water partition coefficient (Wildman–Crippen LogP) is 4.40. The van der Waals surface area contributed by atoms with Gasteiger partial charge in [-0.15, -0.1) is 11.3 Å². The Labute approximate surface area is 135 Å². The maximum absolute atomic E-state index is 12.0. The summed E-state index contributed by atoms with van der Waals surface area (Å²) in [7, 11) is -3.35. The van der Waals surface area contributed by atoms with Crippen LogP contribution in [0.5, 0.6) is 0 Å². The minimum absolute atomic E-state index is 0.112. The second-order valence-corrected chi connectivity index (χ2v) is 9.17. The Balaban J connectivity index is 2.29. The standard InChI is InChI=1S/C15H12BrNO2S2/c1-10-5-2-3-6-11(10)12-7-4-8-13-14(12)17-15(20-13)21(18,19)9-16/h2-8H,9H2,1H3. The molecule has 0 saturated carbocycles. The van der Waals surface area contributed by atoms with Gasteiger partial charge >= 0.3 is 0 Å². The summed E-state index contributed by atoms with van der Waals surface area (Å²) < 4.78 is 24.9. The lowest BCUT2D eigenvalue weighted by molar-refractivity contribution is 0.600. The summed E-state index contributed by atoms with van der Waals surface area (Å²) >= 11 is 4.23. The first-order chi connectivity index (χ1) is 10.0. The highest BCUT2D eigenvalue weighted by Crippen LogP contribution is 2.34. The van der Waals surface area contributed by atoms with Crippen LogP contribution >= 0.6 is 27.3 Å². The number of rotatable bonds is 3. The van der Waals surface area contributed by atoms with Crippen molar-refractivity contribution in [1.29, 1.82) is 0 Å². The summed E-state index contributed by atoms with van der Waals surface area (Å²) in [5.74, 6) is 0. The van der Waals surface area contributed by atoms with Crippen molar-refractivity contribution in [2.45, 2.75) is 11.3 Å². The fourth-order valence-electron chi connectivity index (χ4n) is 2.20. The molecule has 0 aliphatic rings. The molecule has 6 heteroatoms. The molecule has 0 saturated heterocycles. The fourth-order valence-corrected chi connectivity index (χ4v) is 5.31. The first kappa shape index (κ1) is 14.7. The van der Waals surface area contributed by atoms with Crippen molar-refractivity contribution in [3.05, 3.63) is 48.0 Å². The van der Waals surface area contributed by atoms with Crippen LogP contribution in [0.2, 0.25) is 0 Å². The van der Waals surface area contributed by atoms with E-state index in [2.05, 4.69) is 20.9 Å². The summed E-state index contributed by atoms with van der Waals surface area (Å²) in [4.78, 5) is 4.37. The zero-order valence-corrected chi connectivity index (χ0v) is 14.4. The molecule has 0 aliphatic heterocycles. The predicted molar refractivity (Wildman–Crippen MR) is 90.8 cm³/mol. The molecule has 1 aromatic heterocycles. The SMILES string of the molecule is Cc1ccccc1-c1cccc2sc(S(=O)(=O)CBr)nc12.